The van der Waals surface area contributed by atoms with Crippen LogP contribution in [0.3, 0.4) is 0 Å². The third-order valence-corrected chi connectivity index (χ3v) is 5.84. The molecule has 0 radical (unpaired) electrons. The van der Waals surface area contributed by atoms with E-state index in [1.54, 1.807) is 23.1 Å². The number of thiazole rings is 1. The lowest BCUT2D eigenvalue weighted by atomic mass is 10.0. The number of fused-ring (bicyclic) bond motifs is 1. The van der Waals surface area contributed by atoms with Gasteiger partial charge in [0.15, 0.2) is 5.78 Å². The molecule has 0 amide bonds. The van der Waals surface area contributed by atoms with E-state index in [0.29, 0.717) is 6.42 Å². The Morgan fingerprint density at radius 1 is 1.26 bits per heavy atom. The number of hydrogen-bond donors (Lipinski definition) is 0. The van der Waals surface area contributed by atoms with E-state index in [2.05, 4.69) is 33.0 Å². The van der Waals surface area contributed by atoms with Gasteiger partial charge in [0, 0.05) is 20.7 Å². The van der Waals surface area contributed by atoms with Gasteiger partial charge in [-0.15, -0.1) is 23.1 Å². The fourth-order valence-electron chi connectivity index (χ4n) is 2.05. The molecule has 1 aliphatic carbocycles. The zero-order chi connectivity index (χ0) is 13.2. The average Bonchev–Trinajstić information content (AvgIpc) is 2.83. The minimum Gasteiger partial charge on any atom is -0.292 e. The molecule has 2 nitrogen and oxygen atoms in total. The molecule has 0 fully saturated rings. The van der Waals surface area contributed by atoms with Crippen molar-refractivity contribution in [1.82, 2.24) is 4.98 Å². The molecule has 1 aromatic carbocycles. The SMILES string of the molecule is O=C1CCCc2sc(CSc3ccc(Br)cc3)nc21. The largest absolute Gasteiger partial charge is 0.292 e. The van der Waals surface area contributed by atoms with Crippen molar-refractivity contribution in [2.75, 3.05) is 0 Å². The van der Waals surface area contributed by atoms with Gasteiger partial charge < -0.3 is 0 Å². The Balaban J connectivity index is 1.70. The summed E-state index contributed by atoms with van der Waals surface area (Å²) in [5.74, 6) is 1.06. The van der Waals surface area contributed by atoms with Crippen molar-refractivity contribution in [1.29, 1.82) is 0 Å². The van der Waals surface area contributed by atoms with Gasteiger partial charge in [0.2, 0.25) is 0 Å². The lowest BCUT2D eigenvalue weighted by molar-refractivity contribution is 0.0968. The molecule has 1 aromatic heterocycles. The monoisotopic (exact) mass is 353 g/mol. The maximum absolute atomic E-state index is 11.7. The highest BCUT2D eigenvalue weighted by Crippen LogP contribution is 2.31. The number of hydrogen-bond acceptors (Lipinski definition) is 4. The zero-order valence-corrected chi connectivity index (χ0v) is 13.4. The summed E-state index contributed by atoms with van der Waals surface area (Å²) >= 11 is 6.89. The van der Waals surface area contributed by atoms with Crippen LogP contribution in [0.15, 0.2) is 33.6 Å². The van der Waals surface area contributed by atoms with Gasteiger partial charge in [0.1, 0.15) is 10.7 Å². The topological polar surface area (TPSA) is 30.0 Å². The maximum atomic E-state index is 11.7. The molecule has 0 aliphatic heterocycles. The molecule has 0 spiro atoms. The summed E-state index contributed by atoms with van der Waals surface area (Å²) in [6.07, 6.45) is 2.66. The molecule has 0 saturated carbocycles. The molecular formula is C14H12BrNOS2. The number of halogens is 1. The molecule has 3 rings (SSSR count). The normalized spacial score (nSPS) is 14.5. The van der Waals surface area contributed by atoms with Crippen LogP contribution >= 0.6 is 39.0 Å². The first kappa shape index (κ1) is 13.3. The first-order valence-electron chi connectivity index (χ1n) is 6.12. The molecule has 0 bridgehead atoms. The molecule has 2 aromatic rings. The van der Waals surface area contributed by atoms with Crippen molar-refractivity contribution in [2.24, 2.45) is 0 Å². The summed E-state index contributed by atoms with van der Waals surface area (Å²) < 4.78 is 1.09. The predicted molar refractivity (Wildman–Crippen MR) is 83.1 cm³/mol. The van der Waals surface area contributed by atoms with Crippen molar-refractivity contribution in [3.05, 3.63) is 44.3 Å². The third-order valence-electron chi connectivity index (χ3n) is 2.99. The van der Waals surface area contributed by atoms with E-state index >= 15 is 0 Å². The van der Waals surface area contributed by atoms with Crippen molar-refractivity contribution in [3.8, 4) is 0 Å². The second kappa shape index (κ2) is 5.77. The van der Waals surface area contributed by atoms with E-state index in [9.17, 15) is 4.79 Å². The van der Waals surface area contributed by atoms with E-state index < -0.39 is 0 Å². The van der Waals surface area contributed by atoms with Crippen LogP contribution in [0.5, 0.6) is 0 Å². The Morgan fingerprint density at radius 3 is 2.79 bits per heavy atom. The van der Waals surface area contributed by atoms with Crippen LogP contribution in [-0.4, -0.2) is 10.8 Å². The van der Waals surface area contributed by atoms with Gasteiger partial charge in [0.05, 0.1) is 5.75 Å². The van der Waals surface area contributed by atoms with Crippen LogP contribution < -0.4 is 0 Å². The van der Waals surface area contributed by atoms with Crippen LogP contribution in [-0.2, 0) is 12.2 Å². The molecule has 5 heteroatoms. The van der Waals surface area contributed by atoms with E-state index in [1.807, 2.05) is 12.1 Å². The summed E-state index contributed by atoms with van der Waals surface area (Å²) in [7, 11) is 0. The summed E-state index contributed by atoms with van der Waals surface area (Å²) in [5.41, 5.74) is 0.739. The van der Waals surface area contributed by atoms with Crippen LogP contribution in [0.4, 0.5) is 0 Å². The molecule has 1 aliphatic rings. The van der Waals surface area contributed by atoms with Gasteiger partial charge >= 0.3 is 0 Å². The molecule has 0 N–H and O–H groups in total. The summed E-state index contributed by atoms with van der Waals surface area (Å²) in [6.45, 7) is 0. The van der Waals surface area contributed by atoms with Crippen LogP contribution in [0.25, 0.3) is 0 Å². The molecule has 1 heterocycles. The van der Waals surface area contributed by atoms with E-state index in [-0.39, 0.29) is 5.78 Å². The number of ketones is 1. The maximum Gasteiger partial charge on any atom is 0.182 e. The van der Waals surface area contributed by atoms with Gasteiger partial charge in [-0.25, -0.2) is 4.98 Å². The number of aromatic nitrogens is 1. The summed E-state index contributed by atoms with van der Waals surface area (Å²) in [4.78, 5) is 18.7. The Kier molecular flexibility index (Phi) is 4.05. The second-order valence-corrected chi connectivity index (χ2v) is 7.53. The highest BCUT2D eigenvalue weighted by molar-refractivity contribution is 9.10. The number of thioether (sulfide) groups is 1. The summed E-state index contributed by atoms with van der Waals surface area (Å²) in [5, 5.41) is 1.06. The fraction of sp³-hybridized carbons (Fsp3) is 0.286. The van der Waals surface area contributed by atoms with Crippen LogP contribution in [0, 0.1) is 0 Å². The fourth-order valence-corrected chi connectivity index (χ4v) is 4.34. The van der Waals surface area contributed by atoms with Crippen LogP contribution in [0.1, 0.15) is 33.2 Å². The molecule has 0 saturated heterocycles. The molecule has 0 unspecified atom stereocenters. The molecular weight excluding hydrogens is 342 g/mol. The Labute approximate surface area is 128 Å². The number of rotatable bonds is 3. The Morgan fingerprint density at radius 2 is 2.05 bits per heavy atom. The van der Waals surface area contributed by atoms with Gasteiger partial charge in [-0.05, 0) is 37.1 Å². The zero-order valence-electron chi connectivity index (χ0n) is 10.2. The second-order valence-electron chi connectivity index (χ2n) is 4.40. The molecule has 98 valence electrons. The standard InChI is InChI=1S/C14H12BrNOS2/c15-9-4-6-10(7-5-9)18-8-13-16-14-11(17)2-1-3-12(14)19-13/h4-7H,1-3,8H2. The Bertz CT molecular complexity index is 606. The number of carbonyl (C=O) groups is 1. The number of nitrogens with zero attached hydrogens (tertiary/aromatic N) is 1. The van der Waals surface area contributed by atoms with Gasteiger partial charge in [-0.3, -0.25) is 4.79 Å². The smallest absolute Gasteiger partial charge is 0.182 e. The lowest BCUT2D eigenvalue weighted by Crippen LogP contribution is -2.08. The van der Waals surface area contributed by atoms with Crippen molar-refractivity contribution in [2.45, 2.75) is 29.9 Å². The predicted octanol–water partition coefficient (Wildman–Crippen LogP) is 4.72. The quantitative estimate of drug-likeness (QED) is 0.748. The van der Waals surface area contributed by atoms with E-state index in [4.69, 9.17) is 0 Å². The van der Waals surface area contributed by atoms with Crippen molar-refractivity contribution < 1.29 is 4.79 Å². The minimum atomic E-state index is 0.220. The molecule has 0 atom stereocenters. The number of aryl methyl sites for hydroxylation is 1. The third kappa shape index (κ3) is 3.09. The van der Waals surface area contributed by atoms with Crippen molar-refractivity contribution in [3.63, 3.8) is 0 Å². The van der Waals surface area contributed by atoms with Gasteiger partial charge in [0.25, 0.3) is 0 Å². The lowest BCUT2D eigenvalue weighted by Gasteiger charge is -2.06. The summed E-state index contributed by atoms with van der Waals surface area (Å²) in [6, 6.07) is 8.26. The number of Topliss-reactive ketones (excluding diaryl/α,β-unsaturated/α-hetero) is 1. The van der Waals surface area contributed by atoms with E-state index in [0.717, 1.165) is 33.8 Å². The van der Waals surface area contributed by atoms with E-state index in [1.165, 1.54) is 9.77 Å². The average molecular weight is 354 g/mol. The first-order chi connectivity index (χ1) is 9.22. The first-order valence-corrected chi connectivity index (χ1v) is 8.72. The minimum absolute atomic E-state index is 0.220. The molecule has 19 heavy (non-hydrogen) atoms. The van der Waals surface area contributed by atoms with Crippen molar-refractivity contribution >= 4 is 44.8 Å². The van der Waals surface area contributed by atoms with Gasteiger partial charge in [-0.2, -0.15) is 0 Å². The van der Waals surface area contributed by atoms with Gasteiger partial charge in [-0.1, -0.05) is 15.9 Å². The van der Waals surface area contributed by atoms with Crippen LogP contribution in [0.2, 0.25) is 0 Å². The highest BCUT2D eigenvalue weighted by Gasteiger charge is 2.21. The number of benzene rings is 1. The number of carbonyl (C=O) groups excluding carboxylic acids is 1. The Hall–Kier alpha value is -0.650. The highest BCUT2D eigenvalue weighted by atomic mass is 79.9.